The van der Waals surface area contributed by atoms with Crippen molar-refractivity contribution in [3.05, 3.63) is 24.1 Å². The first-order valence-corrected chi connectivity index (χ1v) is 5.72. The third-order valence-corrected chi connectivity index (χ3v) is 2.93. The van der Waals surface area contributed by atoms with E-state index in [1.165, 1.54) is 25.1 Å². The largest absolute Gasteiger partial charge is 0.477 e. The van der Waals surface area contributed by atoms with E-state index in [1.54, 1.807) is 6.07 Å². The van der Waals surface area contributed by atoms with E-state index in [9.17, 15) is 4.39 Å². The summed E-state index contributed by atoms with van der Waals surface area (Å²) in [6, 6.07) is 3.54. The van der Waals surface area contributed by atoms with Gasteiger partial charge >= 0.3 is 0 Å². The van der Waals surface area contributed by atoms with Crippen molar-refractivity contribution >= 4 is 0 Å². The van der Waals surface area contributed by atoms with E-state index in [4.69, 9.17) is 4.74 Å². The topological polar surface area (TPSA) is 34.1 Å². The van der Waals surface area contributed by atoms with Crippen LogP contribution in [-0.4, -0.2) is 24.2 Å². The fraction of sp³-hybridized carbons (Fsp3) is 0.583. The fourth-order valence-corrected chi connectivity index (χ4v) is 1.85. The predicted octanol–water partition coefficient (Wildman–Crippen LogP) is 1.99. The van der Waals surface area contributed by atoms with Crippen LogP contribution in [0.5, 0.6) is 5.88 Å². The van der Waals surface area contributed by atoms with E-state index in [0.717, 1.165) is 6.54 Å². The van der Waals surface area contributed by atoms with Gasteiger partial charge in [0.2, 0.25) is 5.88 Å². The Morgan fingerprint density at radius 2 is 2.38 bits per heavy atom. The maximum absolute atomic E-state index is 12.6. The first-order chi connectivity index (χ1) is 7.74. The van der Waals surface area contributed by atoms with Gasteiger partial charge in [-0.2, -0.15) is 0 Å². The highest BCUT2D eigenvalue weighted by atomic mass is 19.1. The summed E-state index contributed by atoms with van der Waals surface area (Å²) in [5.41, 5.74) is 0. The first kappa shape index (κ1) is 11.3. The smallest absolute Gasteiger partial charge is 0.213 e. The quantitative estimate of drug-likeness (QED) is 0.852. The number of hydrogen-bond donors (Lipinski definition) is 1. The number of nitrogens with zero attached hydrogens (tertiary/aromatic N) is 1. The van der Waals surface area contributed by atoms with E-state index in [1.807, 2.05) is 0 Å². The van der Waals surface area contributed by atoms with Gasteiger partial charge in [-0.3, -0.25) is 0 Å². The molecule has 0 spiro atoms. The van der Waals surface area contributed by atoms with Crippen LogP contribution in [-0.2, 0) is 0 Å². The van der Waals surface area contributed by atoms with Gasteiger partial charge < -0.3 is 10.1 Å². The Morgan fingerprint density at radius 3 is 3.00 bits per heavy atom. The Balaban J connectivity index is 1.77. The molecule has 0 saturated carbocycles. The number of nitrogens with one attached hydrogen (secondary N) is 1. The minimum absolute atomic E-state index is 0.333. The number of aromatic nitrogens is 1. The van der Waals surface area contributed by atoms with Gasteiger partial charge in [-0.25, -0.2) is 9.37 Å². The molecule has 0 aliphatic carbocycles. The van der Waals surface area contributed by atoms with Crippen molar-refractivity contribution in [2.24, 2.45) is 5.92 Å². The maximum Gasteiger partial charge on any atom is 0.213 e. The summed E-state index contributed by atoms with van der Waals surface area (Å²) < 4.78 is 18.1. The third-order valence-electron chi connectivity index (χ3n) is 2.93. The molecular weight excluding hydrogens is 207 g/mol. The van der Waals surface area contributed by atoms with Crippen LogP contribution in [0.25, 0.3) is 0 Å². The van der Waals surface area contributed by atoms with Crippen LogP contribution in [0.1, 0.15) is 19.8 Å². The zero-order valence-corrected chi connectivity index (χ0v) is 9.45. The Labute approximate surface area is 95.0 Å². The van der Waals surface area contributed by atoms with Crippen molar-refractivity contribution in [3.8, 4) is 5.88 Å². The van der Waals surface area contributed by atoms with E-state index in [0.29, 0.717) is 24.4 Å². The normalized spacial score (nSPS) is 25.4. The molecule has 1 N–H and O–H groups in total. The van der Waals surface area contributed by atoms with Gasteiger partial charge in [-0.05, 0) is 25.8 Å². The molecule has 1 aliphatic rings. The van der Waals surface area contributed by atoms with Gasteiger partial charge in [0, 0.05) is 24.6 Å². The standard InChI is InChI=1S/C12H17FN2O/c1-9-2-3-10(6-14-9)8-16-12-5-4-11(13)7-15-12/h4-5,7,9-10,14H,2-3,6,8H2,1H3. The predicted molar refractivity (Wildman–Crippen MR) is 59.9 cm³/mol. The van der Waals surface area contributed by atoms with E-state index in [2.05, 4.69) is 17.2 Å². The summed E-state index contributed by atoms with van der Waals surface area (Å²) in [6.07, 6.45) is 3.54. The second kappa shape index (κ2) is 5.25. The summed E-state index contributed by atoms with van der Waals surface area (Å²) in [6.45, 7) is 3.83. The molecule has 4 heteroatoms. The number of ether oxygens (including phenoxy) is 1. The molecule has 2 atom stereocenters. The Hall–Kier alpha value is -1.16. The number of halogens is 1. The molecule has 2 heterocycles. The van der Waals surface area contributed by atoms with Gasteiger partial charge in [0.05, 0.1) is 12.8 Å². The van der Waals surface area contributed by atoms with E-state index in [-0.39, 0.29) is 5.82 Å². The molecule has 0 bridgehead atoms. The molecule has 1 aliphatic heterocycles. The zero-order valence-electron chi connectivity index (χ0n) is 9.45. The molecule has 2 unspecified atom stereocenters. The zero-order chi connectivity index (χ0) is 11.4. The minimum Gasteiger partial charge on any atom is -0.477 e. The Morgan fingerprint density at radius 1 is 1.50 bits per heavy atom. The molecule has 1 fully saturated rings. The second-order valence-electron chi connectivity index (χ2n) is 4.38. The van der Waals surface area contributed by atoms with Crippen molar-refractivity contribution in [2.45, 2.75) is 25.8 Å². The highest BCUT2D eigenvalue weighted by Gasteiger charge is 2.17. The highest BCUT2D eigenvalue weighted by molar-refractivity contribution is 5.10. The SMILES string of the molecule is CC1CCC(COc2ccc(F)cn2)CN1. The summed E-state index contributed by atoms with van der Waals surface area (Å²) in [5, 5.41) is 3.42. The summed E-state index contributed by atoms with van der Waals surface area (Å²) in [5.74, 6) is 0.698. The number of hydrogen-bond acceptors (Lipinski definition) is 3. The lowest BCUT2D eigenvalue weighted by molar-refractivity contribution is 0.198. The molecular formula is C12H17FN2O. The van der Waals surface area contributed by atoms with Crippen LogP contribution >= 0.6 is 0 Å². The van der Waals surface area contributed by atoms with Gasteiger partial charge in [-0.1, -0.05) is 0 Å². The lowest BCUT2D eigenvalue weighted by Crippen LogP contribution is -2.39. The fourth-order valence-electron chi connectivity index (χ4n) is 1.85. The van der Waals surface area contributed by atoms with E-state index >= 15 is 0 Å². The summed E-state index contributed by atoms with van der Waals surface area (Å²) in [7, 11) is 0. The summed E-state index contributed by atoms with van der Waals surface area (Å²) in [4.78, 5) is 3.86. The average Bonchev–Trinajstić information content (AvgIpc) is 2.30. The monoisotopic (exact) mass is 224 g/mol. The van der Waals surface area contributed by atoms with Crippen molar-refractivity contribution in [1.29, 1.82) is 0 Å². The van der Waals surface area contributed by atoms with Crippen LogP contribution in [0.4, 0.5) is 4.39 Å². The van der Waals surface area contributed by atoms with E-state index < -0.39 is 0 Å². The molecule has 16 heavy (non-hydrogen) atoms. The summed E-state index contributed by atoms with van der Waals surface area (Å²) >= 11 is 0. The van der Waals surface area contributed by atoms with Gasteiger partial charge in [0.25, 0.3) is 0 Å². The second-order valence-corrected chi connectivity index (χ2v) is 4.38. The van der Waals surface area contributed by atoms with Crippen LogP contribution in [0, 0.1) is 11.7 Å². The molecule has 0 aromatic carbocycles. The molecule has 1 aromatic rings. The third kappa shape index (κ3) is 3.17. The molecule has 1 saturated heterocycles. The molecule has 3 nitrogen and oxygen atoms in total. The molecule has 88 valence electrons. The van der Waals surface area contributed by atoms with Crippen LogP contribution < -0.4 is 10.1 Å². The van der Waals surface area contributed by atoms with Gasteiger partial charge in [0.15, 0.2) is 0 Å². The number of pyridine rings is 1. The van der Waals surface area contributed by atoms with Crippen molar-refractivity contribution < 1.29 is 9.13 Å². The van der Waals surface area contributed by atoms with Crippen molar-refractivity contribution in [1.82, 2.24) is 10.3 Å². The highest BCUT2D eigenvalue weighted by Crippen LogP contribution is 2.15. The van der Waals surface area contributed by atoms with Crippen LogP contribution in [0.15, 0.2) is 18.3 Å². The molecule has 1 aromatic heterocycles. The number of piperidine rings is 1. The van der Waals surface area contributed by atoms with Gasteiger partial charge in [-0.15, -0.1) is 0 Å². The average molecular weight is 224 g/mol. The number of rotatable bonds is 3. The Kier molecular flexibility index (Phi) is 3.72. The maximum atomic E-state index is 12.6. The Bertz CT molecular complexity index is 320. The minimum atomic E-state index is -0.333. The van der Waals surface area contributed by atoms with Gasteiger partial charge in [0.1, 0.15) is 5.82 Å². The van der Waals surface area contributed by atoms with Crippen LogP contribution in [0.3, 0.4) is 0 Å². The molecule has 0 amide bonds. The molecule has 2 rings (SSSR count). The molecule has 0 radical (unpaired) electrons. The first-order valence-electron chi connectivity index (χ1n) is 5.72. The van der Waals surface area contributed by atoms with Crippen LogP contribution in [0.2, 0.25) is 0 Å². The van der Waals surface area contributed by atoms with Crippen molar-refractivity contribution in [3.63, 3.8) is 0 Å². The van der Waals surface area contributed by atoms with Crippen molar-refractivity contribution in [2.75, 3.05) is 13.2 Å². The lowest BCUT2D eigenvalue weighted by Gasteiger charge is -2.27. The lowest BCUT2D eigenvalue weighted by atomic mass is 9.96.